The van der Waals surface area contributed by atoms with Crippen LogP contribution < -0.4 is 15.2 Å². The van der Waals surface area contributed by atoms with E-state index in [4.69, 9.17) is 46.4 Å². The van der Waals surface area contributed by atoms with Crippen LogP contribution >= 0.6 is 11.6 Å². The number of benzene rings is 2. The van der Waals surface area contributed by atoms with Gasteiger partial charge in [-0.05, 0) is 47.4 Å². The number of hydrogen-bond acceptors (Lipinski definition) is 10. The summed E-state index contributed by atoms with van der Waals surface area (Å²) in [6.07, 6.45) is 0.188. The molecule has 0 amide bonds. The van der Waals surface area contributed by atoms with E-state index in [1.807, 2.05) is 23.1 Å². The third kappa shape index (κ3) is 7.52. The van der Waals surface area contributed by atoms with Gasteiger partial charge in [0.05, 0.1) is 24.8 Å². The van der Waals surface area contributed by atoms with Crippen molar-refractivity contribution in [1.29, 1.82) is 0 Å². The Morgan fingerprint density at radius 1 is 1.06 bits per heavy atom. The highest BCUT2D eigenvalue weighted by Gasteiger charge is 2.14. The number of aromatic nitrogens is 2. The minimum atomic E-state index is -0.541. The summed E-state index contributed by atoms with van der Waals surface area (Å²) in [4.78, 5) is 1.97. The fourth-order valence-electron chi connectivity index (χ4n) is 3.41. The molecule has 34 heavy (non-hydrogen) atoms. The van der Waals surface area contributed by atoms with E-state index in [2.05, 4.69) is 10.3 Å². The summed E-state index contributed by atoms with van der Waals surface area (Å²) in [5.41, 5.74) is 8.86. The van der Waals surface area contributed by atoms with E-state index in [1.54, 1.807) is 19.1 Å². The van der Waals surface area contributed by atoms with E-state index >= 15 is 0 Å². The lowest BCUT2D eigenvalue weighted by atomic mass is 10.2. The summed E-state index contributed by atoms with van der Waals surface area (Å²) < 4.78 is 22.4. The number of nitrogens with zero attached hydrogens (tertiary/aromatic N) is 3. The molecule has 1 aromatic heterocycles. The maximum absolute atomic E-state index is 9.08. The lowest BCUT2D eigenvalue weighted by molar-refractivity contribution is -0.0689. The van der Waals surface area contributed by atoms with Gasteiger partial charge < -0.3 is 30.2 Å². The highest BCUT2D eigenvalue weighted by atomic mass is 35.5. The van der Waals surface area contributed by atoms with Gasteiger partial charge in [-0.25, -0.2) is 4.63 Å². The van der Waals surface area contributed by atoms with E-state index in [-0.39, 0.29) is 19.8 Å². The largest absolute Gasteiger partial charge is 0.488 e. The first-order valence-electron chi connectivity index (χ1n) is 11.1. The van der Waals surface area contributed by atoms with Crippen molar-refractivity contribution in [3.05, 3.63) is 46.5 Å². The van der Waals surface area contributed by atoms with Crippen LogP contribution in [0.4, 0.5) is 0 Å². The summed E-state index contributed by atoms with van der Waals surface area (Å²) in [6, 6.07) is 8.99. The quantitative estimate of drug-likeness (QED) is 0.213. The summed E-state index contributed by atoms with van der Waals surface area (Å²) >= 11 is 6.40. The molecule has 0 fully saturated rings. The zero-order valence-electron chi connectivity index (χ0n) is 19.2. The second kappa shape index (κ2) is 13.4. The number of aliphatic hydroxyl groups excluding tert-OH is 2. The van der Waals surface area contributed by atoms with Gasteiger partial charge >= 0.3 is 0 Å². The number of aliphatic hydroxyl groups is 2. The molecule has 1 unspecified atom stereocenters. The molecule has 0 bridgehead atoms. The normalized spacial score (nSPS) is 12.4. The molecule has 4 N–H and O–H groups in total. The molecule has 0 saturated carbocycles. The number of fused-ring (bicyclic) bond motifs is 1. The number of nitrogens with two attached hydrogens (primary N) is 1. The third-order valence-corrected chi connectivity index (χ3v) is 5.44. The van der Waals surface area contributed by atoms with E-state index < -0.39 is 6.29 Å². The predicted octanol–water partition coefficient (Wildman–Crippen LogP) is 2.33. The van der Waals surface area contributed by atoms with Crippen LogP contribution in [0, 0.1) is 0 Å². The van der Waals surface area contributed by atoms with Crippen LogP contribution in [0.2, 0.25) is 5.02 Å². The smallest absolute Gasteiger partial charge is 0.197 e. The van der Waals surface area contributed by atoms with E-state index in [0.717, 1.165) is 17.5 Å². The van der Waals surface area contributed by atoms with Gasteiger partial charge in [0.2, 0.25) is 0 Å². The number of rotatable bonds is 15. The SMILES string of the molecule is CC(OCCCN(CCO)CCO)Oc1cc(OCc2ccc3nonc3c2)c(CN)cc1Cl. The van der Waals surface area contributed by atoms with Gasteiger partial charge in [-0.3, -0.25) is 4.90 Å². The van der Waals surface area contributed by atoms with Crippen molar-refractivity contribution in [2.45, 2.75) is 32.8 Å². The molecule has 186 valence electrons. The Morgan fingerprint density at radius 3 is 2.56 bits per heavy atom. The highest BCUT2D eigenvalue weighted by molar-refractivity contribution is 6.32. The predicted molar refractivity (Wildman–Crippen MR) is 127 cm³/mol. The van der Waals surface area contributed by atoms with Crippen molar-refractivity contribution in [2.75, 3.05) is 39.5 Å². The van der Waals surface area contributed by atoms with Crippen molar-refractivity contribution in [1.82, 2.24) is 15.2 Å². The second-order valence-corrected chi connectivity index (χ2v) is 8.08. The van der Waals surface area contributed by atoms with Gasteiger partial charge in [-0.1, -0.05) is 17.7 Å². The van der Waals surface area contributed by atoms with E-state index in [1.165, 1.54) is 0 Å². The number of ether oxygens (including phenoxy) is 3. The van der Waals surface area contributed by atoms with Crippen molar-refractivity contribution >= 4 is 22.6 Å². The Hall–Kier alpha value is -2.47. The summed E-state index contributed by atoms with van der Waals surface area (Å²) in [7, 11) is 0. The maximum atomic E-state index is 9.08. The molecule has 1 heterocycles. The average molecular weight is 495 g/mol. The molecule has 0 aliphatic carbocycles. The molecule has 11 heteroatoms. The minimum absolute atomic E-state index is 0.0497. The Bertz CT molecular complexity index is 1030. The summed E-state index contributed by atoms with van der Waals surface area (Å²) in [5, 5.41) is 26.2. The van der Waals surface area contributed by atoms with Crippen LogP contribution in [-0.2, 0) is 17.9 Å². The first-order valence-corrected chi connectivity index (χ1v) is 11.5. The van der Waals surface area contributed by atoms with E-state index in [0.29, 0.717) is 60.4 Å². The second-order valence-electron chi connectivity index (χ2n) is 7.67. The van der Waals surface area contributed by atoms with Crippen LogP contribution in [0.15, 0.2) is 35.0 Å². The zero-order valence-corrected chi connectivity index (χ0v) is 19.9. The first kappa shape index (κ1) is 26.1. The van der Waals surface area contributed by atoms with Gasteiger partial charge in [-0.2, -0.15) is 0 Å². The molecule has 0 aliphatic rings. The highest BCUT2D eigenvalue weighted by Crippen LogP contribution is 2.34. The minimum Gasteiger partial charge on any atom is -0.488 e. The molecule has 0 radical (unpaired) electrons. The van der Waals surface area contributed by atoms with Gasteiger partial charge in [0.15, 0.2) is 6.29 Å². The van der Waals surface area contributed by atoms with Gasteiger partial charge in [0.25, 0.3) is 0 Å². The Morgan fingerprint density at radius 2 is 1.82 bits per heavy atom. The zero-order chi connectivity index (χ0) is 24.3. The molecule has 1 atom stereocenters. The molecular formula is C23H31ClN4O6. The fraction of sp³-hybridized carbons (Fsp3) is 0.478. The fourth-order valence-corrected chi connectivity index (χ4v) is 3.64. The molecule has 10 nitrogen and oxygen atoms in total. The standard InChI is InChI=1S/C23H31ClN4O6/c1-16(31-10-2-5-28(6-8-29)7-9-30)33-23-13-22(18(14-25)12-19(23)24)32-15-17-3-4-20-21(11-17)27-34-26-20/h3-4,11-13,16,29-30H,2,5-10,14-15,25H2,1H3. The van der Waals surface area contributed by atoms with Crippen molar-refractivity contribution in [3.8, 4) is 11.5 Å². The molecule has 0 aliphatic heterocycles. The Labute approximate surface area is 203 Å². The van der Waals surface area contributed by atoms with Crippen molar-refractivity contribution in [2.24, 2.45) is 5.73 Å². The lowest BCUT2D eigenvalue weighted by Gasteiger charge is -2.21. The van der Waals surface area contributed by atoms with Gasteiger partial charge in [0.1, 0.15) is 29.1 Å². The summed E-state index contributed by atoms with van der Waals surface area (Å²) in [6.45, 7) is 4.62. The Kier molecular flexibility index (Phi) is 10.3. The molecule has 3 aromatic rings. The van der Waals surface area contributed by atoms with Crippen LogP contribution in [0.3, 0.4) is 0 Å². The topological polar surface area (TPSA) is 136 Å². The number of halogens is 1. The molecular weight excluding hydrogens is 464 g/mol. The first-order chi connectivity index (χ1) is 16.5. The Balaban J connectivity index is 1.55. The van der Waals surface area contributed by atoms with Crippen LogP contribution in [-0.4, -0.2) is 71.2 Å². The molecule has 3 rings (SSSR count). The average Bonchev–Trinajstić information content (AvgIpc) is 3.30. The van der Waals surface area contributed by atoms with Crippen LogP contribution in [0.5, 0.6) is 11.5 Å². The van der Waals surface area contributed by atoms with E-state index in [9.17, 15) is 0 Å². The maximum Gasteiger partial charge on any atom is 0.197 e. The summed E-state index contributed by atoms with van der Waals surface area (Å²) in [5.74, 6) is 0.996. The monoisotopic (exact) mass is 494 g/mol. The van der Waals surface area contributed by atoms with Crippen molar-refractivity contribution < 1.29 is 29.1 Å². The van der Waals surface area contributed by atoms with Gasteiger partial charge in [0, 0.05) is 37.8 Å². The third-order valence-electron chi connectivity index (χ3n) is 5.14. The lowest BCUT2D eigenvalue weighted by Crippen LogP contribution is -2.31. The van der Waals surface area contributed by atoms with Crippen LogP contribution in [0.25, 0.3) is 11.0 Å². The molecule has 0 saturated heterocycles. The molecule has 0 spiro atoms. The van der Waals surface area contributed by atoms with Crippen molar-refractivity contribution in [3.63, 3.8) is 0 Å². The molecule has 2 aromatic carbocycles. The van der Waals surface area contributed by atoms with Gasteiger partial charge in [-0.15, -0.1) is 0 Å². The van der Waals surface area contributed by atoms with Crippen LogP contribution in [0.1, 0.15) is 24.5 Å². The number of hydrogen-bond donors (Lipinski definition) is 3.